The molecule has 0 fully saturated rings. The third-order valence-electron chi connectivity index (χ3n) is 5.05. The first-order valence-corrected chi connectivity index (χ1v) is 9.89. The molecular weight excluding hydrogens is 400 g/mol. The van der Waals surface area contributed by atoms with Gasteiger partial charge in [-0.15, -0.1) is 0 Å². The van der Waals surface area contributed by atoms with Gasteiger partial charge < -0.3 is 15.0 Å². The number of pyridine rings is 1. The van der Waals surface area contributed by atoms with Crippen LogP contribution in [0.15, 0.2) is 73.1 Å². The number of halogens is 1. The van der Waals surface area contributed by atoms with E-state index in [4.69, 9.17) is 16.3 Å². The summed E-state index contributed by atoms with van der Waals surface area (Å²) in [6.07, 6.45) is 3.34. The van der Waals surface area contributed by atoms with Crippen LogP contribution in [0.1, 0.15) is 18.5 Å². The fourth-order valence-corrected chi connectivity index (χ4v) is 3.96. The highest BCUT2D eigenvalue weighted by Crippen LogP contribution is 2.50. The smallest absolute Gasteiger partial charge is 0.349 e. The summed E-state index contributed by atoms with van der Waals surface area (Å²) in [6, 6.07) is 19.9. The third kappa shape index (κ3) is 3.23. The average molecular weight is 419 g/mol. The van der Waals surface area contributed by atoms with Crippen molar-refractivity contribution in [3.8, 4) is 6.07 Å². The van der Waals surface area contributed by atoms with Crippen molar-refractivity contribution in [2.24, 2.45) is 0 Å². The molecule has 0 aliphatic carbocycles. The number of hydrogen-bond donors (Lipinski definition) is 1. The van der Waals surface area contributed by atoms with Gasteiger partial charge in [0.15, 0.2) is 0 Å². The molecule has 150 valence electrons. The lowest BCUT2D eigenvalue weighted by Gasteiger charge is -2.47. The van der Waals surface area contributed by atoms with Crippen LogP contribution in [0.25, 0.3) is 0 Å². The van der Waals surface area contributed by atoms with E-state index in [-0.39, 0.29) is 6.61 Å². The summed E-state index contributed by atoms with van der Waals surface area (Å²) in [4.78, 5) is 19.3. The molecule has 2 atom stereocenters. The molecule has 0 spiro atoms. The van der Waals surface area contributed by atoms with Gasteiger partial charge >= 0.3 is 5.97 Å². The molecule has 1 aliphatic heterocycles. The number of ether oxygens (including phenoxy) is 1. The van der Waals surface area contributed by atoms with Crippen LogP contribution in [-0.2, 0) is 9.53 Å². The number of nitrogens with one attached hydrogen (secondary N) is 1. The van der Waals surface area contributed by atoms with Crippen LogP contribution >= 0.6 is 11.6 Å². The van der Waals surface area contributed by atoms with Crippen molar-refractivity contribution in [1.29, 1.82) is 5.26 Å². The summed E-state index contributed by atoms with van der Waals surface area (Å²) in [6.45, 7) is 1.88. The largest absolute Gasteiger partial charge is 0.463 e. The number of fused-ring (bicyclic) bond motifs is 1. The fourth-order valence-electron chi connectivity index (χ4n) is 3.79. The second-order valence-electron chi connectivity index (χ2n) is 6.82. The molecule has 2 heterocycles. The molecule has 2 aromatic carbocycles. The second-order valence-corrected chi connectivity index (χ2v) is 7.25. The molecule has 4 rings (SSSR count). The van der Waals surface area contributed by atoms with Gasteiger partial charge in [-0.05, 0) is 42.8 Å². The summed E-state index contributed by atoms with van der Waals surface area (Å²) >= 11 is 6.32. The number of carbonyl (C=O) groups is 1. The van der Waals surface area contributed by atoms with Gasteiger partial charge in [0.05, 0.1) is 18.0 Å². The van der Waals surface area contributed by atoms with E-state index in [1.807, 2.05) is 53.4 Å². The first kappa shape index (κ1) is 19.7. The number of carbonyl (C=O) groups excluding carboxylic acids is 1. The maximum absolute atomic E-state index is 13.2. The number of aromatic nitrogens is 1. The Hall–Kier alpha value is -3.56. The maximum atomic E-state index is 13.2. The Labute approximate surface area is 179 Å². The fraction of sp³-hybridized carbons (Fsp3) is 0.174. The molecule has 30 heavy (non-hydrogen) atoms. The van der Waals surface area contributed by atoms with Crippen LogP contribution in [0, 0.1) is 11.3 Å². The van der Waals surface area contributed by atoms with E-state index < -0.39 is 17.6 Å². The highest BCUT2D eigenvalue weighted by molar-refractivity contribution is 6.31. The number of benzene rings is 2. The highest BCUT2D eigenvalue weighted by atomic mass is 35.5. The van der Waals surface area contributed by atoms with Crippen LogP contribution in [0.3, 0.4) is 0 Å². The SMILES string of the molecule is CCOC(=O)C1(C#N)Nc2ccc(Cl)cc2N(c2ccncc2)C1c1ccccc1. The Balaban J connectivity index is 2.04. The van der Waals surface area contributed by atoms with Crippen LogP contribution in [0.4, 0.5) is 17.1 Å². The lowest BCUT2D eigenvalue weighted by Crippen LogP contribution is -2.58. The Kier molecular flexibility index (Phi) is 5.30. The molecule has 0 bridgehead atoms. The van der Waals surface area contributed by atoms with Gasteiger partial charge in [-0.3, -0.25) is 4.98 Å². The van der Waals surface area contributed by atoms with Crippen molar-refractivity contribution in [3.05, 3.63) is 83.6 Å². The number of esters is 1. The second kappa shape index (κ2) is 8.05. The van der Waals surface area contributed by atoms with Crippen LogP contribution in [0.2, 0.25) is 5.02 Å². The normalized spacial score (nSPS) is 19.9. The molecule has 6 nitrogen and oxygen atoms in total. The van der Waals surface area contributed by atoms with Crippen LogP contribution in [0.5, 0.6) is 0 Å². The van der Waals surface area contributed by atoms with E-state index in [0.717, 1.165) is 16.9 Å². The summed E-state index contributed by atoms with van der Waals surface area (Å²) in [5.74, 6) is -0.638. The Bertz CT molecular complexity index is 1100. The van der Waals surface area contributed by atoms with Crippen LogP contribution < -0.4 is 10.2 Å². The number of nitriles is 1. The van der Waals surface area contributed by atoms with E-state index in [2.05, 4.69) is 16.4 Å². The van der Waals surface area contributed by atoms with Crippen molar-refractivity contribution in [1.82, 2.24) is 4.98 Å². The van der Waals surface area contributed by atoms with Gasteiger partial charge in [-0.25, -0.2) is 4.79 Å². The summed E-state index contributed by atoms with van der Waals surface area (Å²) in [5.41, 5.74) is 1.23. The number of rotatable bonds is 4. The van der Waals surface area contributed by atoms with Gasteiger partial charge in [0.1, 0.15) is 12.1 Å². The van der Waals surface area contributed by atoms with E-state index in [1.54, 1.807) is 31.5 Å². The zero-order valence-corrected chi connectivity index (χ0v) is 17.0. The number of hydrogen-bond acceptors (Lipinski definition) is 6. The van der Waals surface area contributed by atoms with E-state index in [1.165, 1.54) is 0 Å². The van der Waals surface area contributed by atoms with E-state index in [0.29, 0.717) is 10.7 Å². The van der Waals surface area contributed by atoms with Gasteiger partial charge in [0.25, 0.3) is 0 Å². The summed E-state index contributed by atoms with van der Waals surface area (Å²) < 4.78 is 5.36. The molecule has 2 unspecified atom stereocenters. The van der Waals surface area contributed by atoms with Gasteiger partial charge in [-0.1, -0.05) is 41.9 Å². The molecule has 0 amide bonds. The minimum absolute atomic E-state index is 0.161. The summed E-state index contributed by atoms with van der Waals surface area (Å²) in [7, 11) is 0. The predicted molar refractivity (Wildman–Crippen MR) is 116 cm³/mol. The molecule has 0 saturated heterocycles. The minimum Gasteiger partial charge on any atom is -0.463 e. The van der Waals surface area contributed by atoms with Gasteiger partial charge in [0, 0.05) is 23.1 Å². The minimum atomic E-state index is -1.68. The van der Waals surface area contributed by atoms with Crippen molar-refractivity contribution >= 4 is 34.6 Å². The maximum Gasteiger partial charge on any atom is 0.349 e. The number of anilines is 3. The zero-order valence-electron chi connectivity index (χ0n) is 16.2. The molecular formula is C23H19ClN4O2. The highest BCUT2D eigenvalue weighted by Gasteiger charge is 2.55. The van der Waals surface area contributed by atoms with E-state index >= 15 is 0 Å². The molecule has 1 N–H and O–H groups in total. The monoisotopic (exact) mass is 418 g/mol. The molecule has 0 saturated carbocycles. The first-order valence-electron chi connectivity index (χ1n) is 9.51. The number of nitrogens with zero attached hydrogens (tertiary/aromatic N) is 3. The summed E-state index contributed by atoms with van der Waals surface area (Å²) in [5, 5.41) is 14.0. The van der Waals surface area contributed by atoms with Crippen LogP contribution in [-0.4, -0.2) is 23.1 Å². The van der Waals surface area contributed by atoms with Crippen molar-refractivity contribution < 1.29 is 9.53 Å². The predicted octanol–water partition coefficient (Wildman–Crippen LogP) is 4.87. The molecule has 0 radical (unpaired) electrons. The molecule has 1 aromatic heterocycles. The van der Waals surface area contributed by atoms with Crippen molar-refractivity contribution in [2.75, 3.05) is 16.8 Å². The molecule has 7 heteroatoms. The molecule has 3 aromatic rings. The Morgan fingerprint density at radius 1 is 1.23 bits per heavy atom. The molecule has 1 aliphatic rings. The lowest BCUT2D eigenvalue weighted by molar-refractivity contribution is -0.147. The average Bonchev–Trinajstić information content (AvgIpc) is 2.79. The zero-order chi connectivity index (χ0) is 21.1. The van der Waals surface area contributed by atoms with Gasteiger partial charge in [0.2, 0.25) is 5.54 Å². The van der Waals surface area contributed by atoms with Crippen molar-refractivity contribution in [2.45, 2.75) is 18.5 Å². The topological polar surface area (TPSA) is 78.2 Å². The quantitative estimate of drug-likeness (QED) is 0.609. The van der Waals surface area contributed by atoms with Crippen molar-refractivity contribution in [3.63, 3.8) is 0 Å². The van der Waals surface area contributed by atoms with Gasteiger partial charge in [-0.2, -0.15) is 5.26 Å². The third-order valence-corrected chi connectivity index (χ3v) is 5.28. The lowest BCUT2D eigenvalue weighted by atomic mass is 9.81. The Morgan fingerprint density at radius 3 is 2.63 bits per heavy atom. The van der Waals surface area contributed by atoms with E-state index in [9.17, 15) is 10.1 Å². The first-order chi connectivity index (χ1) is 14.6. The standard InChI is InChI=1S/C23H19ClN4O2/c1-2-30-22(29)23(15-25)21(16-6-4-3-5-7-16)28(18-10-12-26-13-11-18)20-14-17(24)8-9-19(20)27-23/h3-14,21,27H,2H2,1H3. The Morgan fingerprint density at radius 2 is 1.97 bits per heavy atom.